The summed E-state index contributed by atoms with van der Waals surface area (Å²) in [6, 6.07) is 7.29. The third kappa shape index (κ3) is 4.07. The minimum absolute atomic E-state index is 0.00364. The quantitative estimate of drug-likeness (QED) is 0.849. The number of aliphatic hydroxyl groups is 1. The molecule has 94 valence electrons. The second-order valence-corrected chi connectivity index (χ2v) is 4.04. The topological polar surface area (TPSA) is 49.8 Å². The first-order valence-electron chi connectivity index (χ1n) is 5.63. The van der Waals surface area contributed by atoms with Crippen molar-refractivity contribution in [1.82, 2.24) is 0 Å². The van der Waals surface area contributed by atoms with Gasteiger partial charge in [-0.15, -0.1) is 0 Å². The SMILES string of the molecule is COc1ccc(N(C)C(=O)CCC(C)O)cc1. The predicted octanol–water partition coefficient (Wildman–Crippen LogP) is 1.82. The molecular weight excluding hydrogens is 218 g/mol. The smallest absolute Gasteiger partial charge is 0.226 e. The van der Waals surface area contributed by atoms with E-state index in [1.165, 1.54) is 0 Å². The molecule has 0 aliphatic carbocycles. The molecule has 1 aromatic carbocycles. The maximum absolute atomic E-state index is 11.8. The van der Waals surface area contributed by atoms with Crippen molar-refractivity contribution in [3.63, 3.8) is 0 Å². The summed E-state index contributed by atoms with van der Waals surface area (Å²) in [4.78, 5) is 13.4. The Hall–Kier alpha value is -1.55. The fraction of sp³-hybridized carbons (Fsp3) is 0.462. The van der Waals surface area contributed by atoms with Crippen molar-refractivity contribution in [3.8, 4) is 5.75 Å². The van der Waals surface area contributed by atoms with E-state index in [9.17, 15) is 4.79 Å². The summed E-state index contributed by atoms with van der Waals surface area (Å²) in [5, 5.41) is 9.13. The van der Waals surface area contributed by atoms with Gasteiger partial charge in [0.1, 0.15) is 5.75 Å². The molecule has 17 heavy (non-hydrogen) atoms. The largest absolute Gasteiger partial charge is 0.497 e. The highest BCUT2D eigenvalue weighted by Crippen LogP contribution is 2.19. The van der Waals surface area contributed by atoms with Gasteiger partial charge in [0.15, 0.2) is 0 Å². The molecule has 1 atom stereocenters. The van der Waals surface area contributed by atoms with E-state index in [0.29, 0.717) is 12.8 Å². The minimum atomic E-state index is -0.441. The average molecular weight is 237 g/mol. The van der Waals surface area contributed by atoms with E-state index in [0.717, 1.165) is 11.4 Å². The molecule has 1 unspecified atom stereocenters. The number of methoxy groups -OCH3 is 1. The monoisotopic (exact) mass is 237 g/mol. The molecule has 0 radical (unpaired) electrons. The van der Waals surface area contributed by atoms with E-state index in [2.05, 4.69) is 0 Å². The van der Waals surface area contributed by atoms with E-state index in [4.69, 9.17) is 9.84 Å². The fourth-order valence-corrected chi connectivity index (χ4v) is 1.45. The van der Waals surface area contributed by atoms with Crippen LogP contribution in [0, 0.1) is 0 Å². The summed E-state index contributed by atoms with van der Waals surface area (Å²) < 4.78 is 5.05. The van der Waals surface area contributed by atoms with Gasteiger partial charge >= 0.3 is 0 Å². The fourth-order valence-electron chi connectivity index (χ4n) is 1.45. The van der Waals surface area contributed by atoms with Crippen LogP contribution >= 0.6 is 0 Å². The van der Waals surface area contributed by atoms with E-state index in [1.807, 2.05) is 24.3 Å². The van der Waals surface area contributed by atoms with Gasteiger partial charge in [-0.25, -0.2) is 0 Å². The Morgan fingerprint density at radius 3 is 2.47 bits per heavy atom. The van der Waals surface area contributed by atoms with Gasteiger partial charge in [0.05, 0.1) is 13.2 Å². The van der Waals surface area contributed by atoms with Crippen molar-refractivity contribution in [3.05, 3.63) is 24.3 Å². The Morgan fingerprint density at radius 2 is 2.00 bits per heavy atom. The summed E-state index contributed by atoms with van der Waals surface area (Å²) in [5.41, 5.74) is 0.821. The van der Waals surface area contributed by atoms with Crippen molar-refractivity contribution >= 4 is 11.6 Å². The zero-order chi connectivity index (χ0) is 12.8. The number of aliphatic hydroxyl groups excluding tert-OH is 1. The summed E-state index contributed by atoms with van der Waals surface area (Å²) in [6.45, 7) is 1.68. The van der Waals surface area contributed by atoms with Crippen LogP contribution in [0.4, 0.5) is 5.69 Å². The van der Waals surface area contributed by atoms with Crippen LogP contribution in [-0.2, 0) is 4.79 Å². The van der Waals surface area contributed by atoms with E-state index < -0.39 is 6.10 Å². The summed E-state index contributed by atoms with van der Waals surface area (Å²) in [7, 11) is 3.33. The highest BCUT2D eigenvalue weighted by Gasteiger charge is 2.11. The molecule has 0 saturated carbocycles. The number of hydrogen-bond acceptors (Lipinski definition) is 3. The van der Waals surface area contributed by atoms with Crippen LogP contribution in [-0.4, -0.2) is 31.3 Å². The lowest BCUT2D eigenvalue weighted by Gasteiger charge is -2.18. The van der Waals surface area contributed by atoms with Crippen LogP contribution < -0.4 is 9.64 Å². The van der Waals surface area contributed by atoms with Gasteiger partial charge in [0, 0.05) is 19.2 Å². The molecule has 0 fully saturated rings. The lowest BCUT2D eigenvalue weighted by Crippen LogP contribution is -2.26. The van der Waals surface area contributed by atoms with E-state index in [1.54, 1.807) is 26.0 Å². The maximum Gasteiger partial charge on any atom is 0.226 e. The molecule has 0 aliphatic rings. The zero-order valence-corrected chi connectivity index (χ0v) is 10.5. The number of carbonyl (C=O) groups excluding carboxylic acids is 1. The van der Waals surface area contributed by atoms with Crippen LogP contribution in [0.2, 0.25) is 0 Å². The average Bonchev–Trinajstić information content (AvgIpc) is 2.35. The minimum Gasteiger partial charge on any atom is -0.497 e. The van der Waals surface area contributed by atoms with E-state index in [-0.39, 0.29) is 5.91 Å². The predicted molar refractivity (Wildman–Crippen MR) is 67.3 cm³/mol. The Balaban J connectivity index is 2.61. The number of anilines is 1. The molecule has 0 bridgehead atoms. The molecule has 0 aromatic heterocycles. The Labute approximate surface area is 102 Å². The highest BCUT2D eigenvalue weighted by atomic mass is 16.5. The molecule has 0 heterocycles. The number of carbonyl (C=O) groups is 1. The van der Waals surface area contributed by atoms with Crippen LogP contribution in [0.25, 0.3) is 0 Å². The number of ether oxygens (including phenoxy) is 1. The second-order valence-electron chi connectivity index (χ2n) is 4.04. The molecule has 0 saturated heterocycles. The number of amides is 1. The first-order valence-corrected chi connectivity index (χ1v) is 5.63. The highest BCUT2D eigenvalue weighted by molar-refractivity contribution is 5.92. The van der Waals surface area contributed by atoms with Gasteiger partial charge in [-0.05, 0) is 37.6 Å². The Kier molecular flexibility index (Phi) is 4.97. The molecule has 1 amide bonds. The second kappa shape index (κ2) is 6.25. The standard InChI is InChI=1S/C13H19NO3/c1-10(15)4-9-13(16)14(2)11-5-7-12(17-3)8-6-11/h5-8,10,15H,4,9H2,1-3H3. The molecule has 1 rings (SSSR count). The third-order valence-electron chi connectivity index (χ3n) is 2.61. The van der Waals surface area contributed by atoms with Gasteiger partial charge < -0.3 is 14.7 Å². The van der Waals surface area contributed by atoms with Crippen LogP contribution in [0.3, 0.4) is 0 Å². The third-order valence-corrected chi connectivity index (χ3v) is 2.61. The lowest BCUT2D eigenvalue weighted by molar-refractivity contribution is -0.118. The van der Waals surface area contributed by atoms with Crippen LogP contribution in [0.1, 0.15) is 19.8 Å². The van der Waals surface area contributed by atoms with Gasteiger partial charge in [-0.1, -0.05) is 0 Å². The van der Waals surface area contributed by atoms with Crippen LogP contribution in [0.15, 0.2) is 24.3 Å². The van der Waals surface area contributed by atoms with Crippen molar-refractivity contribution in [2.24, 2.45) is 0 Å². The molecular formula is C13H19NO3. The van der Waals surface area contributed by atoms with Crippen LogP contribution in [0.5, 0.6) is 5.75 Å². The normalized spacial score (nSPS) is 12.0. The molecule has 1 aromatic rings. The molecule has 0 aliphatic heterocycles. The maximum atomic E-state index is 11.8. The van der Waals surface area contributed by atoms with Crippen molar-refractivity contribution < 1.29 is 14.6 Å². The molecule has 4 heteroatoms. The lowest BCUT2D eigenvalue weighted by atomic mass is 10.2. The number of nitrogens with zero attached hydrogens (tertiary/aromatic N) is 1. The Morgan fingerprint density at radius 1 is 1.41 bits per heavy atom. The molecule has 1 N–H and O–H groups in total. The van der Waals surface area contributed by atoms with Gasteiger partial charge in [-0.2, -0.15) is 0 Å². The van der Waals surface area contributed by atoms with Gasteiger partial charge in [0.25, 0.3) is 0 Å². The zero-order valence-electron chi connectivity index (χ0n) is 10.5. The molecule has 4 nitrogen and oxygen atoms in total. The Bertz CT molecular complexity index is 359. The van der Waals surface area contributed by atoms with Gasteiger partial charge in [-0.3, -0.25) is 4.79 Å². The number of benzene rings is 1. The summed E-state index contributed by atoms with van der Waals surface area (Å²) in [6.07, 6.45) is 0.391. The van der Waals surface area contributed by atoms with Crippen molar-refractivity contribution in [2.75, 3.05) is 19.1 Å². The first kappa shape index (κ1) is 13.5. The first-order chi connectivity index (χ1) is 8.04. The summed E-state index contributed by atoms with van der Waals surface area (Å²) >= 11 is 0. The van der Waals surface area contributed by atoms with Crippen molar-refractivity contribution in [2.45, 2.75) is 25.9 Å². The number of hydrogen-bond donors (Lipinski definition) is 1. The van der Waals surface area contributed by atoms with Gasteiger partial charge in [0.2, 0.25) is 5.91 Å². The summed E-state index contributed by atoms with van der Waals surface area (Å²) in [5.74, 6) is 0.759. The van der Waals surface area contributed by atoms with E-state index >= 15 is 0 Å². The van der Waals surface area contributed by atoms with Crippen molar-refractivity contribution in [1.29, 1.82) is 0 Å². The number of rotatable bonds is 5. The molecule has 0 spiro atoms.